The molecular weight excluding hydrogens is 412 g/mol. The Bertz CT molecular complexity index is 1000. The Morgan fingerprint density at radius 1 is 0.903 bits per heavy atom. The van der Waals surface area contributed by atoms with Gasteiger partial charge in [-0.05, 0) is 74.2 Å². The number of carboxylic acid groups (broad SMARTS) is 1. The standard InChI is InChI=1S/C24H26N2O4S/c1-15-7-8-18(13-16(15)2)25-22(27)14-31-19-11-9-17(10-12-19)26-23(28)20-5-3-4-6-21(20)24(29)30/h3-4,7-13,20-21H,5-6,14H2,1-2H3,(H,25,27)(H,26,28)(H,29,30). The van der Waals surface area contributed by atoms with Crippen LogP contribution in [-0.4, -0.2) is 28.6 Å². The molecular formula is C24H26N2O4S. The number of aliphatic carboxylic acids is 1. The molecule has 2 aromatic carbocycles. The molecule has 2 amide bonds. The minimum absolute atomic E-state index is 0.0873. The van der Waals surface area contributed by atoms with E-state index < -0.39 is 17.8 Å². The Morgan fingerprint density at radius 2 is 1.55 bits per heavy atom. The van der Waals surface area contributed by atoms with Crippen LogP contribution in [0, 0.1) is 25.7 Å². The van der Waals surface area contributed by atoms with Gasteiger partial charge in [-0.2, -0.15) is 0 Å². The molecule has 31 heavy (non-hydrogen) atoms. The second-order valence-electron chi connectivity index (χ2n) is 7.64. The van der Waals surface area contributed by atoms with Crippen molar-refractivity contribution in [3.8, 4) is 0 Å². The Kier molecular flexibility index (Phi) is 7.52. The summed E-state index contributed by atoms with van der Waals surface area (Å²) in [7, 11) is 0. The van der Waals surface area contributed by atoms with Gasteiger partial charge in [0.25, 0.3) is 0 Å². The fraction of sp³-hybridized carbons (Fsp3) is 0.292. The minimum Gasteiger partial charge on any atom is -0.481 e. The van der Waals surface area contributed by atoms with E-state index in [4.69, 9.17) is 0 Å². The highest BCUT2D eigenvalue weighted by molar-refractivity contribution is 8.00. The van der Waals surface area contributed by atoms with Crippen LogP contribution in [0.15, 0.2) is 59.5 Å². The van der Waals surface area contributed by atoms with Gasteiger partial charge >= 0.3 is 5.97 Å². The van der Waals surface area contributed by atoms with E-state index in [1.54, 1.807) is 12.1 Å². The monoisotopic (exact) mass is 438 g/mol. The smallest absolute Gasteiger partial charge is 0.307 e. The normalized spacial score (nSPS) is 17.7. The number of hydrogen-bond donors (Lipinski definition) is 3. The number of anilines is 2. The molecule has 0 radical (unpaired) electrons. The molecule has 162 valence electrons. The topological polar surface area (TPSA) is 95.5 Å². The Balaban J connectivity index is 1.51. The van der Waals surface area contributed by atoms with Gasteiger partial charge in [-0.3, -0.25) is 14.4 Å². The number of allylic oxidation sites excluding steroid dienone is 2. The molecule has 0 bridgehead atoms. The molecule has 0 aliphatic heterocycles. The van der Waals surface area contributed by atoms with E-state index in [1.807, 2.05) is 56.3 Å². The number of thioether (sulfide) groups is 1. The lowest BCUT2D eigenvalue weighted by molar-refractivity contribution is -0.146. The van der Waals surface area contributed by atoms with Crippen molar-refractivity contribution in [2.24, 2.45) is 11.8 Å². The van der Waals surface area contributed by atoms with E-state index in [0.717, 1.165) is 16.1 Å². The van der Waals surface area contributed by atoms with Crippen LogP contribution in [0.4, 0.5) is 11.4 Å². The lowest BCUT2D eigenvalue weighted by Crippen LogP contribution is -2.34. The van der Waals surface area contributed by atoms with Crippen LogP contribution in [0.25, 0.3) is 0 Å². The molecule has 0 fully saturated rings. The maximum Gasteiger partial charge on any atom is 0.307 e. The first-order valence-electron chi connectivity index (χ1n) is 10.1. The molecule has 0 spiro atoms. The number of carboxylic acids is 1. The van der Waals surface area contributed by atoms with Crippen molar-refractivity contribution >= 4 is 40.9 Å². The molecule has 3 N–H and O–H groups in total. The molecule has 2 aromatic rings. The van der Waals surface area contributed by atoms with Crippen molar-refractivity contribution < 1.29 is 19.5 Å². The highest BCUT2D eigenvalue weighted by Crippen LogP contribution is 2.28. The first kappa shape index (κ1) is 22.6. The summed E-state index contributed by atoms with van der Waals surface area (Å²) in [4.78, 5) is 37.0. The van der Waals surface area contributed by atoms with E-state index in [0.29, 0.717) is 18.5 Å². The largest absolute Gasteiger partial charge is 0.481 e. The van der Waals surface area contributed by atoms with Crippen LogP contribution >= 0.6 is 11.8 Å². The van der Waals surface area contributed by atoms with Gasteiger partial charge in [-0.1, -0.05) is 18.2 Å². The average molecular weight is 439 g/mol. The molecule has 0 aromatic heterocycles. The van der Waals surface area contributed by atoms with Crippen molar-refractivity contribution in [1.29, 1.82) is 0 Å². The lowest BCUT2D eigenvalue weighted by Gasteiger charge is -2.24. The van der Waals surface area contributed by atoms with Crippen LogP contribution in [0.2, 0.25) is 0 Å². The third kappa shape index (κ3) is 6.21. The van der Waals surface area contributed by atoms with E-state index in [-0.39, 0.29) is 17.6 Å². The summed E-state index contributed by atoms with van der Waals surface area (Å²) in [5.74, 6) is -2.33. The zero-order chi connectivity index (χ0) is 22.4. The van der Waals surface area contributed by atoms with Gasteiger partial charge in [0.15, 0.2) is 0 Å². The lowest BCUT2D eigenvalue weighted by atomic mass is 9.82. The maximum atomic E-state index is 12.5. The second kappa shape index (κ2) is 10.3. The molecule has 0 saturated carbocycles. The van der Waals surface area contributed by atoms with Gasteiger partial charge in [0, 0.05) is 16.3 Å². The Morgan fingerprint density at radius 3 is 2.19 bits per heavy atom. The van der Waals surface area contributed by atoms with E-state index in [9.17, 15) is 19.5 Å². The molecule has 6 nitrogen and oxygen atoms in total. The van der Waals surface area contributed by atoms with Crippen LogP contribution < -0.4 is 10.6 Å². The van der Waals surface area contributed by atoms with Gasteiger partial charge in [0.05, 0.1) is 17.6 Å². The molecule has 2 atom stereocenters. The summed E-state index contributed by atoms with van der Waals surface area (Å²) in [6.45, 7) is 4.03. The number of benzene rings is 2. The van der Waals surface area contributed by atoms with Crippen LogP contribution in [0.3, 0.4) is 0 Å². The quantitative estimate of drug-likeness (QED) is 0.432. The first-order valence-corrected chi connectivity index (χ1v) is 11.1. The number of carbonyl (C=O) groups is 3. The summed E-state index contributed by atoms with van der Waals surface area (Å²) >= 11 is 1.40. The van der Waals surface area contributed by atoms with Crippen molar-refractivity contribution in [1.82, 2.24) is 0 Å². The van der Waals surface area contributed by atoms with E-state index in [2.05, 4.69) is 10.6 Å². The maximum absolute atomic E-state index is 12.5. The summed E-state index contributed by atoms with van der Waals surface area (Å²) < 4.78 is 0. The number of nitrogens with one attached hydrogen (secondary N) is 2. The third-order valence-electron chi connectivity index (χ3n) is 5.37. The zero-order valence-electron chi connectivity index (χ0n) is 17.6. The first-order chi connectivity index (χ1) is 14.8. The summed E-state index contributed by atoms with van der Waals surface area (Å²) in [5, 5.41) is 15.0. The van der Waals surface area contributed by atoms with Crippen LogP contribution in [0.5, 0.6) is 0 Å². The predicted octanol–water partition coefficient (Wildman–Crippen LogP) is 4.64. The Hall–Kier alpha value is -3.06. The number of amides is 2. The van der Waals surface area contributed by atoms with Gasteiger partial charge in [0.2, 0.25) is 11.8 Å². The van der Waals surface area contributed by atoms with Crippen molar-refractivity contribution in [3.05, 3.63) is 65.7 Å². The molecule has 0 saturated heterocycles. The fourth-order valence-corrected chi connectivity index (χ4v) is 4.11. The average Bonchev–Trinajstić information content (AvgIpc) is 2.76. The second-order valence-corrected chi connectivity index (χ2v) is 8.69. The molecule has 7 heteroatoms. The SMILES string of the molecule is Cc1ccc(NC(=O)CSc2ccc(NC(=O)C3CC=CCC3C(=O)O)cc2)cc1C. The highest BCUT2D eigenvalue weighted by Gasteiger charge is 2.33. The van der Waals surface area contributed by atoms with E-state index >= 15 is 0 Å². The number of carbonyl (C=O) groups excluding carboxylic acids is 2. The van der Waals surface area contributed by atoms with E-state index in [1.165, 1.54) is 17.3 Å². The predicted molar refractivity (Wildman–Crippen MR) is 123 cm³/mol. The van der Waals surface area contributed by atoms with Crippen LogP contribution in [-0.2, 0) is 14.4 Å². The molecule has 1 aliphatic carbocycles. The highest BCUT2D eigenvalue weighted by atomic mass is 32.2. The summed E-state index contributed by atoms with van der Waals surface area (Å²) in [6.07, 6.45) is 4.46. The molecule has 3 rings (SSSR count). The van der Waals surface area contributed by atoms with Gasteiger partial charge in [-0.15, -0.1) is 11.8 Å². The summed E-state index contributed by atoms with van der Waals surface area (Å²) in [5.41, 5.74) is 3.69. The summed E-state index contributed by atoms with van der Waals surface area (Å²) in [6, 6.07) is 13.0. The van der Waals surface area contributed by atoms with Crippen molar-refractivity contribution in [2.45, 2.75) is 31.6 Å². The van der Waals surface area contributed by atoms with Crippen molar-refractivity contribution in [2.75, 3.05) is 16.4 Å². The van der Waals surface area contributed by atoms with Crippen molar-refractivity contribution in [3.63, 3.8) is 0 Å². The van der Waals surface area contributed by atoms with Gasteiger partial charge < -0.3 is 15.7 Å². The zero-order valence-corrected chi connectivity index (χ0v) is 18.4. The fourth-order valence-electron chi connectivity index (χ4n) is 3.41. The third-order valence-corrected chi connectivity index (χ3v) is 6.38. The number of rotatable bonds is 7. The number of aryl methyl sites for hydroxylation is 2. The number of hydrogen-bond acceptors (Lipinski definition) is 4. The molecule has 2 unspecified atom stereocenters. The molecule has 1 aliphatic rings. The Labute approximate surface area is 186 Å². The molecule has 0 heterocycles. The van der Waals surface area contributed by atoms with Crippen LogP contribution in [0.1, 0.15) is 24.0 Å². The minimum atomic E-state index is -0.949. The van der Waals surface area contributed by atoms with Gasteiger partial charge in [-0.25, -0.2) is 0 Å². The van der Waals surface area contributed by atoms with Gasteiger partial charge in [0.1, 0.15) is 0 Å².